The number of benzene rings is 2. The minimum Gasteiger partial charge on any atom is -0.490 e. The van der Waals surface area contributed by atoms with Gasteiger partial charge >= 0.3 is 0 Å². The van der Waals surface area contributed by atoms with Crippen molar-refractivity contribution < 1.29 is 18.5 Å². The highest BCUT2D eigenvalue weighted by atomic mass is 35.5. The standard InChI is InChI=1S/C36H48ClN3O4S/c1-24-6-4-15-36(23-43-17-16-38-36)31-11-8-28(31)20-40-21-35(14-5-7-26-18-29(37)10-12-30(26)35)22-44-33-13-9-27(19-32(33)40)34(41)39-45(3,42)25(24)2/h9-10,12-13,18-19,24-25,28,31,38H,3-8,11,14-17,20-23H2,1-2H3,(H,39,41,42)/t24-,25+,28-,31+,35-,36+,45?/m0/s1. The molecule has 9 heteroatoms. The summed E-state index contributed by atoms with van der Waals surface area (Å²) in [6, 6.07) is 12.0. The summed E-state index contributed by atoms with van der Waals surface area (Å²) in [4.78, 5) is 16.2. The minimum absolute atomic E-state index is 0.0554. The van der Waals surface area contributed by atoms with Gasteiger partial charge in [0.25, 0.3) is 5.91 Å². The smallest absolute Gasteiger partial charge is 0.262 e. The molecule has 5 aliphatic rings. The molecule has 2 N–H and O–H groups in total. The molecular formula is C36H48ClN3O4S. The van der Waals surface area contributed by atoms with Crippen LogP contribution in [-0.2, 0) is 26.3 Å². The number of amides is 1. The van der Waals surface area contributed by atoms with E-state index in [-0.39, 0.29) is 28.0 Å². The highest BCUT2D eigenvalue weighted by molar-refractivity contribution is 7.99. The average molecular weight is 654 g/mol. The lowest BCUT2D eigenvalue weighted by molar-refractivity contribution is -0.0521. The molecule has 1 amide bonds. The lowest BCUT2D eigenvalue weighted by Crippen LogP contribution is -2.64. The van der Waals surface area contributed by atoms with Gasteiger partial charge in [0.2, 0.25) is 0 Å². The Balaban J connectivity index is 1.31. The summed E-state index contributed by atoms with van der Waals surface area (Å²) in [5, 5.41) is 4.49. The third-order valence-electron chi connectivity index (χ3n) is 11.9. The first-order valence-corrected chi connectivity index (χ1v) is 19.1. The average Bonchev–Trinajstić information content (AvgIpc) is 3.15. The van der Waals surface area contributed by atoms with Crippen LogP contribution in [0.4, 0.5) is 5.69 Å². The van der Waals surface area contributed by atoms with Crippen LogP contribution in [0.2, 0.25) is 5.02 Å². The number of morpholine rings is 1. The van der Waals surface area contributed by atoms with Crippen LogP contribution in [-0.4, -0.2) is 66.2 Å². The second kappa shape index (κ2) is 12.1. The topological polar surface area (TPSA) is 79.9 Å². The van der Waals surface area contributed by atoms with Gasteiger partial charge in [-0.2, -0.15) is 0 Å². The maximum absolute atomic E-state index is 13.8. The Morgan fingerprint density at radius 2 is 1.93 bits per heavy atom. The molecule has 45 heavy (non-hydrogen) atoms. The molecule has 3 aliphatic heterocycles. The van der Waals surface area contributed by atoms with Crippen molar-refractivity contribution in [3.05, 3.63) is 58.1 Å². The van der Waals surface area contributed by atoms with Gasteiger partial charge in [0.05, 0.1) is 35.2 Å². The Labute approximate surface area is 273 Å². The van der Waals surface area contributed by atoms with Crippen molar-refractivity contribution in [2.45, 2.75) is 81.4 Å². The Hall–Kier alpha value is -2.26. The van der Waals surface area contributed by atoms with Gasteiger partial charge in [-0.25, -0.2) is 4.21 Å². The van der Waals surface area contributed by atoms with Crippen molar-refractivity contribution in [1.29, 1.82) is 0 Å². The molecule has 7 atom stereocenters. The molecular weight excluding hydrogens is 606 g/mol. The molecule has 3 heterocycles. The predicted octanol–water partition coefficient (Wildman–Crippen LogP) is 5.77. The van der Waals surface area contributed by atoms with Crippen LogP contribution in [0.3, 0.4) is 0 Å². The highest BCUT2D eigenvalue weighted by Crippen LogP contribution is 2.49. The van der Waals surface area contributed by atoms with Crippen LogP contribution >= 0.6 is 11.6 Å². The lowest BCUT2D eigenvalue weighted by Gasteiger charge is -2.54. The van der Waals surface area contributed by atoms with E-state index in [1.165, 1.54) is 24.0 Å². The van der Waals surface area contributed by atoms with Crippen LogP contribution in [0.25, 0.3) is 0 Å². The first kappa shape index (κ1) is 31.3. The molecule has 0 aromatic heterocycles. The molecule has 2 fully saturated rings. The van der Waals surface area contributed by atoms with E-state index >= 15 is 0 Å². The molecule has 2 spiro atoms. The molecule has 2 aromatic rings. The van der Waals surface area contributed by atoms with Crippen LogP contribution in [0.15, 0.2) is 36.4 Å². The maximum Gasteiger partial charge on any atom is 0.262 e. The van der Waals surface area contributed by atoms with Crippen LogP contribution in [0, 0.1) is 17.8 Å². The van der Waals surface area contributed by atoms with Crippen molar-refractivity contribution in [1.82, 2.24) is 10.0 Å². The Kier molecular flexibility index (Phi) is 8.41. The third-order valence-corrected chi connectivity index (χ3v) is 14.3. The molecule has 1 saturated heterocycles. The van der Waals surface area contributed by atoms with E-state index in [4.69, 9.17) is 21.1 Å². The summed E-state index contributed by atoms with van der Waals surface area (Å²) in [5.41, 5.74) is 3.84. The summed E-state index contributed by atoms with van der Waals surface area (Å²) in [6.45, 7) is 8.74. The normalized spacial score (nSPS) is 37.0. The zero-order valence-electron chi connectivity index (χ0n) is 26.7. The fourth-order valence-electron chi connectivity index (χ4n) is 8.97. The van der Waals surface area contributed by atoms with E-state index in [1.54, 1.807) is 6.07 Å². The number of carbonyl (C=O) groups excluding carboxylic acids is 1. The fourth-order valence-corrected chi connectivity index (χ4v) is 10.7. The van der Waals surface area contributed by atoms with Crippen molar-refractivity contribution in [2.75, 3.05) is 44.4 Å². The zero-order valence-corrected chi connectivity index (χ0v) is 28.3. The molecule has 2 aromatic carbocycles. The molecule has 7 nitrogen and oxygen atoms in total. The van der Waals surface area contributed by atoms with Crippen molar-refractivity contribution in [3.8, 4) is 5.75 Å². The number of halogens is 1. The van der Waals surface area contributed by atoms with Gasteiger partial charge in [-0.15, -0.1) is 0 Å². The number of hydrogen-bond acceptors (Lipinski definition) is 6. The highest BCUT2D eigenvalue weighted by Gasteiger charge is 2.50. The largest absolute Gasteiger partial charge is 0.490 e. The van der Waals surface area contributed by atoms with E-state index in [1.807, 2.05) is 25.1 Å². The summed E-state index contributed by atoms with van der Waals surface area (Å²) < 4.78 is 29.6. The minimum atomic E-state index is -2.87. The summed E-state index contributed by atoms with van der Waals surface area (Å²) >= 11 is 6.47. The maximum atomic E-state index is 13.8. The fraction of sp³-hybridized carbons (Fsp3) is 0.611. The Morgan fingerprint density at radius 1 is 1.07 bits per heavy atom. The molecule has 1 saturated carbocycles. The molecule has 7 rings (SSSR count). The van der Waals surface area contributed by atoms with E-state index in [9.17, 15) is 9.00 Å². The van der Waals surface area contributed by atoms with Crippen molar-refractivity contribution >= 4 is 38.8 Å². The molecule has 244 valence electrons. The first-order chi connectivity index (χ1) is 21.6. The Bertz CT molecular complexity index is 1560. The number of fused-ring (bicyclic) bond motifs is 5. The van der Waals surface area contributed by atoms with Gasteiger partial charge in [-0.3, -0.25) is 9.52 Å². The third kappa shape index (κ3) is 5.79. The predicted molar refractivity (Wildman–Crippen MR) is 183 cm³/mol. The lowest BCUT2D eigenvalue weighted by atomic mass is 9.61. The van der Waals surface area contributed by atoms with Crippen LogP contribution < -0.4 is 19.7 Å². The first-order valence-electron chi connectivity index (χ1n) is 16.9. The van der Waals surface area contributed by atoms with Crippen LogP contribution in [0.1, 0.15) is 80.3 Å². The van der Waals surface area contributed by atoms with Crippen molar-refractivity contribution in [2.24, 2.45) is 17.8 Å². The van der Waals surface area contributed by atoms with E-state index in [0.717, 1.165) is 87.8 Å². The van der Waals surface area contributed by atoms with E-state index in [2.05, 4.69) is 39.9 Å². The molecule has 2 bridgehead atoms. The molecule has 0 radical (unpaired) electrons. The number of nitrogens with zero attached hydrogens (tertiary/aromatic N) is 1. The SMILES string of the molecule is C=S1(=O)NC(=O)c2ccc3c(c2)N(C[C@@H]2CC[C@H]2[C@@]2(CCC[C@H](C)[C@H]1C)COCCN2)C[C@@]1(CCCc2cc(Cl)ccc21)CO3. The molecule has 2 aliphatic carbocycles. The number of carbonyl (C=O) groups is 1. The van der Waals surface area contributed by atoms with Gasteiger partial charge in [0.1, 0.15) is 5.75 Å². The van der Waals surface area contributed by atoms with Gasteiger partial charge < -0.3 is 19.7 Å². The number of anilines is 1. The Morgan fingerprint density at radius 3 is 2.71 bits per heavy atom. The van der Waals surface area contributed by atoms with Gasteiger partial charge in [0.15, 0.2) is 0 Å². The number of nitrogens with one attached hydrogen (secondary N) is 2. The second-order valence-corrected chi connectivity index (χ2v) is 17.4. The monoisotopic (exact) mass is 653 g/mol. The number of rotatable bonds is 0. The number of hydrogen-bond donors (Lipinski definition) is 2. The summed E-state index contributed by atoms with van der Waals surface area (Å²) in [7, 11) is -2.87. The van der Waals surface area contributed by atoms with E-state index in [0.29, 0.717) is 24.0 Å². The number of aryl methyl sites for hydroxylation is 1. The van der Waals surface area contributed by atoms with Crippen molar-refractivity contribution in [3.63, 3.8) is 0 Å². The number of ether oxygens (including phenoxy) is 2. The van der Waals surface area contributed by atoms with Gasteiger partial charge in [-0.1, -0.05) is 31.0 Å². The summed E-state index contributed by atoms with van der Waals surface area (Å²) in [6.07, 6.45) is 8.47. The quantitative estimate of drug-likeness (QED) is 0.352. The van der Waals surface area contributed by atoms with Gasteiger partial charge in [-0.05, 0) is 117 Å². The molecule has 1 unspecified atom stereocenters. The second-order valence-electron chi connectivity index (χ2n) is 14.6. The zero-order chi connectivity index (χ0) is 31.4. The van der Waals surface area contributed by atoms with Crippen LogP contribution in [0.5, 0.6) is 5.75 Å². The summed E-state index contributed by atoms with van der Waals surface area (Å²) in [5.74, 6) is 5.66. The van der Waals surface area contributed by atoms with Gasteiger partial charge in [0, 0.05) is 46.4 Å². The van der Waals surface area contributed by atoms with E-state index < -0.39 is 9.71 Å².